The second kappa shape index (κ2) is 4.39. The summed E-state index contributed by atoms with van der Waals surface area (Å²) in [4.78, 5) is 10.5. The topological polar surface area (TPSA) is 43.1 Å². The van der Waals surface area contributed by atoms with Crippen LogP contribution >= 0.6 is 12.6 Å². The van der Waals surface area contributed by atoms with Crippen molar-refractivity contribution in [3.63, 3.8) is 0 Å². The molecule has 3 heteroatoms. The second-order valence-corrected chi connectivity index (χ2v) is 2.82. The van der Waals surface area contributed by atoms with Crippen LogP contribution in [0.5, 0.6) is 0 Å². The SMILES string of the molecule is C=C(C(N)=O)C(S)CCC. The summed E-state index contributed by atoms with van der Waals surface area (Å²) in [6.07, 6.45) is 1.84. The van der Waals surface area contributed by atoms with Gasteiger partial charge in [-0.25, -0.2) is 0 Å². The Morgan fingerprint density at radius 2 is 2.30 bits per heavy atom. The Labute approximate surface area is 66.9 Å². The molecule has 1 amide bonds. The predicted molar refractivity (Wildman–Crippen MR) is 46.0 cm³/mol. The van der Waals surface area contributed by atoms with Crippen LogP contribution < -0.4 is 5.73 Å². The zero-order valence-electron chi connectivity index (χ0n) is 6.13. The van der Waals surface area contributed by atoms with E-state index in [0.29, 0.717) is 5.57 Å². The van der Waals surface area contributed by atoms with Gasteiger partial charge < -0.3 is 5.73 Å². The zero-order valence-corrected chi connectivity index (χ0v) is 7.03. The highest BCUT2D eigenvalue weighted by Crippen LogP contribution is 2.12. The molecule has 0 aliphatic carbocycles. The minimum absolute atomic E-state index is 0.0671. The van der Waals surface area contributed by atoms with Crippen molar-refractivity contribution in [1.29, 1.82) is 0 Å². The molecule has 0 rings (SSSR count). The van der Waals surface area contributed by atoms with E-state index < -0.39 is 5.91 Å². The van der Waals surface area contributed by atoms with E-state index in [9.17, 15) is 4.79 Å². The number of nitrogens with two attached hydrogens (primary N) is 1. The van der Waals surface area contributed by atoms with Gasteiger partial charge in [0.05, 0.1) is 0 Å². The molecule has 10 heavy (non-hydrogen) atoms. The van der Waals surface area contributed by atoms with E-state index in [1.807, 2.05) is 6.92 Å². The van der Waals surface area contributed by atoms with Gasteiger partial charge in [-0.1, -0.05) is 19.9 Å². The van der Waals surface area contributed by atoms with E-state index in [2.05, 4.69) is 19.2 Å². The van der Waals surface area contributed by atoms with Gasteiger partial charge in [0.25, 0.3) is 0 Å². The summed E-state index contributed by atoms with van der Waals surface area (Å²) >= 11 is 4.14. The van der Waals surface area contributed by atoms with E-state index in [1.54, 1.807) is 0 Å². The van der Waals surface area contributed by atoms with Gasteiger partial charge in [-0.2, -0.15) is 12.6 Å². The van der Waals surface area contributed by atoms with Gasteiger partial charge in [0.15, 0.2) is 0 Å². The summed E-state index contributed by atoms with van der Waals surface area (Å²) in [6, 6.07) is 0. The number of carbonyl (C=O) groups excluding carboxylic acids is 1. The Morgan fingerprint density at radius 1 is 1.80 bits per heavy atom. The van der Waals surface area contributed by atoms with Gasteiger partial charge in [-0.3, -0.25) is 4.79 Å². The highest BCUT2D eigenvalue weighted by atomic mass is 32.1. The van der Waals surface area contributed by atoms with Gasteiger partial charge in [0.1, 0.15) is 0 Å². The minimum atomic E-state index is -0.451. The fourth-order valence-corrected chi connectivity index (χ4v) is 0.997. The zero-order chi connectivity index (χ0) is 8.15. The quantitative estimate of drug-likeness (QED) is 0.468. The molecule has 2 N–H and O–H groups in total. The molecular formula is C7H13NOS. The van der Waals surface area contributed by atoms with Gasteiger partial charge in [0, 0.05) is 10.8 Å². The lowest BCUT2D eigenvalue weighted by Gasteiger charge is -2.08. The van der Waals surface area contributed by atoms with Crippen LogP contribution in [0.15, 0.2) is 12.2 Å². The average Bonchev–Trinajstić information content (AvgIpc) is 1.87. The molecule has 1 atom stereocenters. The van der Waals surface area contributed by atoms with E-state index in [4.69, 9.17) is 5.73 Å². The summed E-state index contributed by atoms with van der Waals surface area (Å²) in [5.74, 6) is -0.451. The summed E-state index contributed by atoms with van der Waals surface area (Å²) in [7, 11) is 0. The Balaban J connectivity index is 3.82. The maximum Gasteiger partial charge on any atom is 0.245 e. The molecule has 2 nitrogen and oxygen atoms in total. The summed E-state index contributed by atoms with van der Waals surface area (Å²) in [5.41, 5.74) is 5.39. The lowest BCUT2D eigenvalue weighted by Crippen LogP contribution is -2.19. The maximum atomic E-state index is 10.5. The van der Waals surface area contributed by atoms with Crippen LogP contribution in [0, 0.1) is 0 Å². The fraction of sp³-hybridized carbons (Fsp3) is 0.571. The van der Waals surface area contributed by atoms with E-state index in [0.717, 1.165) is 12.8 Å². The summed E-state index contributed by atoms with van der Waals surface area (Å²) < 4.78 is 0. The van der Waals surface area contributed by atoms with Crippen LogP contribution in [-0.4, -0.2) is 11.2 Å². The lowest BCUT2D eigenvalue weighted by atomic mass is 10.1. The van der Waals surface area contributed by atoms with Crippen molar-refractivity contribution in [1.82, 2.24) is 0 Å². The molecular weight excluding hydrogens is 146 g/mol. The van der Waals surface area contributed by atoms with Crippen molar-refractivity contribution in [2.75, 3.05) is 0 Å². The third-order valence-electron chi connectivity index (χ3n) is 1.28. The number of hydrogen-bond donors (Lipinski definition) is 2. The highest BCUT2D eigenvalue weighted by molar-refractivity contribution is 7.81. The first-order valence-electron chi connectivity index (χ1n) is 3.26. The third-order valence-corrected chi connectivity index (χ3v) is 1.85. The Morgan fingerprint density at radius 3 is 2.60 bits per heavy atom. The summed E-state index contributed by atoms with van der Waals surface area (Å²) in [5, 5.41) is -0.0671. The summed E-state index contributed by atoms with van der Waals surface area (Å²) in [6.45, 7) is 5.55. The molecule has 0 spiro atoms. The largest absolute Gasteiger partial charge is 0.366 e. The van der Waals surface area contributed by atoms with Crippen molar-refractivity contribution < 1.29 is 4.79 Å². The average molecular weight is 159 g/mol. The molecule has 0 saturated carbocycles. The smallest absolute Gasteiger partial charge is 0.245 e. The van der Waals surface area contributed by atoms with Crippen LogP contribution in [0.25, 0.3) is 0 Å². The monoisotopic (exact) mass is 159 g/mol. The Bertz CT molecular complexity index is 145. The third kappa shape index (κ3) is 2.92. The van der Waals surface area contributed by atoms with Crippen molar-refractivity contribution in [2.24, 2.45) is 5.73 Å². The molecule has 0 saturated heterocycles. The molecule has 58 valence electrons. The van der Waals surface area contributed by atoms with Gasteiger partial charge in [-0.15, -0.1) is 0 Å². The van der Waals surface area contributed by atoms with E-state index >= 15 is 0 Å². The Hall–Kier alpha value is -0.440. The second-order valence-electron chi connectivity index (χ2n) is 2.19. The lowest BCUT2D eigenvalue weighted by molar-refractivity contribution is -0.114. The van der Waals surface area contributed by atoms with Crippen LogP contribution in [0.1, 0.15) is 19.8 Å². The van der Waals surface area contributed by atoms with E-state index in [-0.39, 0.29) is 5.25 Å². The normalized spacial score (nSPS) is 12.6. The first-order chi connectivity index (χ1) is 4.59. The number of hydrogen-bond acceptors (Lipinski definition) is 2. The number of thiol groups is 1. The molecule has 0 radical (unpaired) electrons. The van der Waals surface area contributed by atoms with Crippen molar-refractivity contribution in [3.8, 4) is 0 Å². The van der Waals surface area contributed by atoms with Gasteiger partial charge in [0.2, 0.25) is 5.91 Å². The minimum Gasteiger partial charge on any atom is -0.366 e. The number of rotatable bonds is 4. The number of amides is 1. The van der Waals surface area contributed by atoms with Crippen molar-refractivity contribution >= 4 is 18.5 Å². The molecule has 0 aromatic rings. The molecule has 0 bridgehead atoms. The van der Waals surface area contributed by atoms with Crippen molar-refractivity contribution in [3.05, 3.63) is 12.2 Å². The Kier molecular flexibility index (Phi) is 4.19. The van der Waals surface area contributed by atoms with Crippen LogP contribution in [-0.2, 0) is 4.79 Å². The first-order valence-corrected chi connectivity index (χ1v) is 3.77. The van der Waals surface area contributed by atoms with Crippen LogP contribution in [0.3, 0.4) is 0 Å². The predicted octanol–water partition coefficient (Wildman–Crippen LogP) is 1.13. The molecule has 0 fully saturated rings. The molecule has 0 heterocycles. The molecule has 1 unspecified atom stereocenters. The molecule has 0 aromatic carbocycles. The molecule has 0 aliphatic rings. The fourth-order valence-electron chi connectivity index (χ4n) is 0.612. The van der Waals surface area contributed by atoms with Gasteiger partial charge >= 0.3 is 0 Å². The maximum absolute atomic E-state index is 10.5. The first kappa shape index (κ1) is 9.56. The highest BCUT2D eigenvalue weighted by Gasteiger charge is 2.10. The van der Waals surface area contributed by atoms with E-state index in [1.165, 1.54) is 0 Å². The molecule has 0 aliphatic heterocycles. The van der Waals surface area contributed by atoms with Crippen molar-refractivity contribution in [2.45, 2.75) is 25.0 Å². The number of primary amides is 1. The van der Waals surface area contributed by atoms with Crippen LogP contribution in [0.2, 0.25) is 0 Å². The van der Waals surface area contributed by atoms with Gasteiger partial charge in [-0.05, 0) is 6.42 Å². The molecule has 0 aromatic heterocycles. The number of carbonyl (C=O) groups is 1. The standard InChI is InChI=1S/C7H13NOS/c1-3-4-6(10)5(2)7(8)9/h6,10H,2-4H2,1H3,(H2,8,9). The van der Waals surface area contributed by atoms with Crippen LogP contribution in [0.4, 0.5) is 0 Å².